The molecule has 140 valence electrons. The van der Waals surface area contributed by atoms with Crippen molar-refractivity contribution in [2.75, 3.05) is 25.6 Å². The van der Waals surface area contributed by atoms with Gasteiger partial charge < -0.3 is 15.2 Å². The Morgan fingerprint density at radius 3 is 2.77 bits per heavy atom. The van der Waals surface area contributed by atoms with Gasteiger partial charge in [-0.1, -0.05) is 28.4 Å². The molecule has 1 aromatic carbocycles. The molecule has 0 bridgehead atoms. The van der Waals surface area contributed by atoms with E-state index in [2.05, 4.69) is 20.9 Å². The normalized spacial score (nSPS) is 12.0. The van der Waals surface area contributed by atoms with E-state index in [4.69, 9.17) is 33.0 Å². The Labute approximate surface area is 159 Å². The van der Waals surface area contributed by atoms with E-state index in [1.165, 1.54) is 18.0 Å². The fourth-order valence-corrected chi connectivity index (χ4v) is 2.43. The largest absolute Gasteiger partial charge is 0.480 e. The van der Waals surface area contributed by atoms with E-state index >= 15 is 0 Å². The number of hydrogen-bond donors (Lipinski definition) is 3. The molecule has 1 amide bonds. The van der Waals surface area contributed by atoms with Crippen LogP contribution in [0.1, 0.15) is 6.42 Å². The summed E-state index contributed by atoms with van der Waals surface area (Å²) < 4.78 is 6.25. The van der Waals surface area contributed by atoms with E-state index < -0.39 is 17.9 Å². The summed E-state index contributed by atoms with van der Waals surface area (Å²) in [6.45, 7) is 0.0574. The number of aliphatic carboxylic acids is 1. The molecule has 2 rings (SSSR count). The zero-order valence-electron chi connectivity index (χ0n) is 13.8. The molecule has 0 spiro atoms. The maximum atomic E-state index is 12.2. The number of amides is 1. The summed E-state index contributed by atoms with van der Waals surface area (Å²) in [4.78, 5) is 23.4. The van der Waals surface area contributed by atoms with Crippen LogP contribution in [0.4, 0.5) is 5.69 Å². The number of aromatic nitrogens is 3. The van der Waals surface area contributed by atoms with E-state index in [0.717, 1.165) is 0 Å². The van der Waals surface area contributed by atoms with Gasteiger partial charge in [-0.25, -0.2) is 4.68 Å². The summed E-state index contributed by atoms with van der Waals surface area (Å²) in [5.41, 5.74) is 0.894. The van der Waals surface area contributed by atoms with E-state index in [-0.39, 0.29) is 24.7 Å². The van der Waals surface area contributed by atoms with E-state index in [1.807, 2.05) is 0 Å². The van der Waals surface area contributed by atoms with Crippen molar-refractivity contribution in [3.8, 4) is 5.69 Å². The highest BCUT2D eigenvalue weighted by molar-refractivity contribution is 6.31. The Hall–Kier alpha value is -2.20. The zero-order valence-corrected chi connectivity index (χ0v) is 15.3. The minimum Gasteiger partial charge on any atom is -0.480 e. The van der Waals surface area contributed by atoms with Crippen molar-refractivity contribution < 1.29 is 19.4 Å². The Kier molecular flexibility index (Phi) is 7.34. The molecule has 3 N–H and O–H groups in total. The van der Waals surface area contributed by atoms with Crippen LogP contribution in [-0.4, -0.2) is 58.3 Å². The van der Waals surface area contributed by atoms with Gasteiger partial charge in [-0.2, -0.15) is 0 Å². The molecule has 0 radical (unpaired) electrons. The van der Waals surface area contributed by atoms with Gasteiger partial charge >= 0.3 is 5.97 Å². The summed E-state index contributed by atoms with van der Waals surface area (Å²) in [6, 6.07) is 3.93. The molecule has 0 fully saturated rings. The summed E-state index contributed by atoms with van der Waals surface area (Å²) in [7, 11) is 1.47. The van der Waals surface area contributed by atoms with Crippen molar-refractivity contribution in [2.45, 2.75) is 12.5 Å². The molecule has 0 aliphatic carbocycles. The van der Waals surface area contributed by atoms with Gasteiger partial charge in [0.2, 0.25) is 5.91 Å². The molecule has 1 atom stereocenters. The van der Waals surface area contributed by atoms with Gasteiger partial charge in [0, 0.05) is 18.7 Å². The van der Waals surface area contributed by atoms with Gasteiger partial charge in [0.25, 0.3) is 0 Å². The van der Waals surface area contributed by atoms with Crippen molar-refractivity contribution in [3.63, 3.8) is 0 Å². The van der Waals surface area contributed by atoms with Crippen LogP contribution in [0.15, 0.2) is 24.4 Å². The average molecular weight is 402 g/mol. The van der Waals surface area contributed by atoms with Crippen LogP contribution in [0.25, 0.3) is 5.69 Å². The molecular formula is C15H17Cl2N5O4. The zero-order chi connectivity index (χ0) is 19.1. The number of carboxylic acids is 1. The minimum atomic E-state index is -1.06. The average Bonchev–Trinajstić information content (AvgIpc) is 3.01. The number of methoxy groups -OCH3 is 1. The summed E-state index contributed by atoms with van der Waals surface area (Å²) in [5, 5.41) is 22.6. The van der Waals surface area contributed by atoms with Crippen LogP contribution < -0.4 is 10.6 Å². The third kappa shape index (κ3) is 5.67. The van der Waals surface area contributed by atoms with Crippen molar-refractivity contribution in [3.05, 3.63) is 34.6 Å². The fourth-order valence-electron chi connectivity index (χ4n) is 2.13. The molecule has 9 nitrogen and oxygen atoms in total. The van der Waals surface area contributed by atoms with Gasteiger partial charge in [-0.3, -0.25) is 14.9 Å². The van der Waals surface area contributed by atoms with Crippen LogP contribution in [-0.2, 0) is 14.3 Å². The maximum absolute atomic E-state index is 12.2. The third-order valence-electron chi connectivity index (χ3n) is 3.36. The number of nitrogens with one attached hydrogen (secondary N) is 2. The SMILES string of the molecule is COCC[C@H](NCC(=O)Nc1cc(Cl)ccc1-n1cc(Cl)nn1)C(=O)O. The monoisotopic (exact) mass is 401 g/mol. The number of carbonyl (C=O) groups is 2. The molecule has 0 aliphatic rings. The lowest BCUT2D eigenvalue weighted by molar-refractivity contribution is -0.140. The molecular weight excluding hydrogens is 385 g/mol. The molecule has 11 heteroatoms. The number of rotatable bonds is 9. The number of nitrogens with zero attached hydrogens (tertiary/aromatic N) is 3. The van der Waals surface area contributed by atoms with Crippen LogP contribution in [0.2, 0.25) is 10.2 Å². The molecule has 2 aromatic rings. The number of benzene rings is 1. The van der Waals surface area contributed by atoms with Gasteiger partial charge in [-0.05, 0) is 24.6 Å². The Morgan fingerprint density at radius 1 is 1.38 bits per heavy atom. The quantitative estimate of drug-likeness (QED) is 0.583. The van der Waals surface area contributed by atoms with Gasteiger partial charge in [0.15, 0.2) is 5.15 Å². The standard InChI is InChI=1S/C15H17Cl2N5O4/c1-26-5-4-10(15(24)25)18-7-14(23)19-11-6-9(16)2-3-12(11)22-8-13(17)20-21-22/h2-3,6,8,10,18H,4-5,7H2,1H3,(H,19,23)(H,24,25)/t10-/m0/s1. The Balaban J connectivity index is 2.06. The molecule has 1 aromatic heterocycles. The highest BCUT2D eigenvalue weighted by atomic mass is 35.5. The summed E-state index contributed by atoms with van der Waals surface area (Å²) >= 11 is 11.8. The van der Waals surface area contributed by atoms with Gasteiger partial charge in [0.1, 0.15) is 6.04 Å². The van der Waals surface area contributed by atoms with Crippen LogP contribution in [0.5, 0.6) is 0 Å². The first-order valence-corrected chi connectivity index (χ1v) is 8.29. The predicted octanol–water partition coefficient (Wildman–Crippen LogP) is 1.59. The highest BCUT2D eigenvalue weighted by Crippen LogP contribution is 2.24. The Bertz CT molecular complexity index is 783. The first kappa shape index (κ1) is 20.1. The lowest BCUT2D eigenvalue weighted by Crippen LogP contribution is -2.41. The van der Waals surface area contributed by atoms with Crippen molar-refractivity contribution in [2.24, 2.45) is 0 Å². The molecule has 0 unspecified atom stereocenters. The second kappa shape index (κ2) is 9.48. The molecule has 26 heavy (non-hydrogen) atoms. The summed E-state index contributed by atoms with van der Waals surface area (Å²) in [5.74, 6) is -1.50. The molecule has 0 saturated carbocycles. The van der Waals surface area contributed by atoms with Crippen LogP contribution in [0, 0.1) is 0 Å². The van der Waals surface area contributed by atoms with Crippen molar-refractivity contribution in [1.29, 1.82) is 0 Å². The number of hydrogen-bond acceptors (Lipinski definition) is 6. The predicted molar refractivity (Wildman–Crippen MR) is 95.9 cm³/mol. The molecule has 1 heterocycles. The van der Waals surface area contributed by atoms with Gasteiger partial charge in [0.05, 0.1) is 24.1 Å². The van der Waals surface area contributed by atoms with E-state index in [1.54, 1.807) is 18.2 Å². The fraction of sp³-hybridized carbons (Fsp3) is 0.333. The second-order valence-corrected chi connectivity index (χ2v) is 6.07. The smallest absolute Gasteiger partial charge is 0.320 e. The molecule has 0 aliphatic heterocycles. The lowest BCUT2D eigenvalue weighted by atomic mass is 10.2. The van der Waals surface area contributed by atoms with Gasteiger partial charge in [-0.15, -0.1) is 5.10 Å². The maximum Gasteiger partial charge on any atom is 0.320 e. The Morgan fingerprint density at radius 2 is 2.15 bits per heavy atom. The van der Waals surface area contributed by atoms with Crippen molar-refractivity contribution in [1.82, 2.24) is 20.3 Å². The first-order valence-electron chi connectivity index (χ1n) is 7.53. The number of halogens is 2. The van der Waals surface area contributed by atoms with E-state index in [0.29, 0.717) is 16.4 Å². The number of ether oxygens (including phenoxy) is 1. The third-order valence-corrected chi connectivity index (χ3v) is 3.77. The summed E-state index contributed by atoms with van der Waals surface area (Å²) in [6.07, 6.45) is 1.71. The van der Waals surface area contributed by atoms with Crippen LogP contribution >= 0.6 is 23.2 Å². The second-order valence-electron chi connectivity index (χ2n) is 5.25. The molecule has 0 saturated heterocycles. The lowest BCUT2D eigenvalue weighted by Gasteiger charge is -2.15. The number of anilines is 1. The number of carboxylic acid groups (broad SMARTS) is 1. The number of carbonyl (C=O) groups excluding carboxylic acids is 1. The highest BCUT2D eigenvalue weighted by Gasteiger charge is 2.18. The van der Waals surface area contributed by atoms with Crippen LogP contribution in [0.3, 0.4) is 0 Å². The van der Waals surface area contributed by atoms with Crippen molar-refractivity contribution >= 4 is 40.8 Å². The first-order chi connectivity index (χ1) is 12.4. The minimum absolute atomic E-state index is 0.196. The van der Waals surface area contributed by atoms with E-state index in [9.17, 15) is 9.59 Å². The topological polar surface area (TPSA) is 118 Å².